The average molecular weight is 308 g/mol. The summed E-state index contributed by atoms with van der Waals surface area (Å²) in [6.45, 7) is 8.94. The SMILES string of the molecule is CCCN(CC(=O)Nc1c(C)n[nH]c1C)C[C@H]1CCCCO1. The van der Waals surface area contributed by atoms with Gasteiger partial charge in [0, 0.05) is 13.2 Å². The van der Waals surface area contributed by atoms with Gasteiger partial charge in [0.15, 0.2) is 0 Å². The number of carbonyl (C=O) groups is 1. The van der Waals surface area contributed by atoms with Gasteiger partial charge in [-0.15, -0.1) is 0 Å². The molecule has 0 radical (unpaired) electrons. The lowest BCUT2D eigenvalue weighted by molar-refractivity contribution is -0.118. The Kier molecular flexibility index (Phi) is 6.39. The molecule has 2 rings (SSSR count). The van der Waals surface area contributed by atoms with E-state index >= 15 is 0 Å². The zero-order chi connectivity index (χ0) is 15.9. The van der Waals surface area contributed by atoms with Gasteiger partial charge in [-0.3, -0.25) is 14.8 Å². The van der Waals surface area contributed by atoms with Gasteiger partial charge >= 0.3 is 0 Å². The molecular formula is C16H28N4O2. The summed E-state index contributed by atoms with van der Waals surface area (Å²) in [5, 5.41) is 9.96. The lowest BCUT2D eigenvalue weighted by atomic mass is 10.1. The Bertz CT molecular complexity index is 461. The van der Waals surface area contributed by atoms with E-state index in [0.717, 1.165) is 56.0 Å². The summed E-state index contributed by atoms with van der Waals surface area (Å²) in [6.07, 6.45) is 4.78. The van der Waals surface area contributed by atoms with E-state index in [9.17, 15) is 4.79 Å². The highest BCUT2D eigenvalue weighted by molar-refractivity contribution is 5.93. The van der Waals surface area contributed by atoms with Crippen LogP contribution in [0.3, 0.4) is 0 Å². The van der Waals surface area contributed by atoms with E-state index < -0.39 is 0 Å². The van der Waals surface area contributed by atoms with Gasteiger partial charge in [-0.1, -0.05) is 6.92 Å². The maximum Gasteiger partial charge on any atom is 0.238 e. The largest absolute Gasteiger partial charge is 0.377 e. The molecule has 0 saturated carbocycles. The summed E-state index contributed by atoms with van der Waals surface area (Å²) in [5.74, 6) is 0.0110. The topological polar surface area (TPSA) is 70.2 Å². The molecule has 1 atom stereocenters. The van der Waals surface area contributed by atoms with Crippen LogP contribution in [-0.4, -0.2) is 53.3 Å². The molecule has 1 aliphatic heterocycles. The van der Waals surface area contributed by atoms with E-state index in [2.05, 4.69) is 27.3 Å². The van der Waals surface area contributed by atoms with Crippen LogP contribution in [-0.2, 0) is 9.53 Å². The zero-order valence-electron chi connectivity index (χ0n) is 13.9. The minimum atomic E-state index is 0.0110. The van der Waals surface area contributed by atoms with Gasteiger partial charge < -0.3 is 10.1 Å². The first-order valence-corrected chi connectivity index (χ1v) is 8.25. The van der Waals surface area contributed by atoms with Crippen LogP contribution in [0.25, 0.3) is 0 Å². The molecule has 6 nitrogen and oxygen atoms in total. The molecule has 6 heteroatoms. The van der Waals surface area contributed by atoms with Crippen molar-refractivity contribution in [3.63, 3.8) is 0 Å². The van der Waals surface area contributed by atoms with Crippen molar-refractivity contribution < 1.29 is 9.53 Å². The molecule has 0 unspecified atom stereocenters. The van der Waals surface area contributed by atoms with Gasteiger partial charge in [0.2, 0.25) is 5.91 Å². The summed E-state index contributed by atoms with van der Waals surface area (Å²) >= 11 is 0. The molecule has 1 aromatic rings. The van der Waals surface area contributed by atoms with E-state index in [4.69, 9.17) is 4.74 Å². The van der Waals surface area contributed by atoms with Gasteiger partial charge in [-0.2, -0.15) is 5.10 Å². The number of ether oxygens (including phenoxy) is 1. The second-order valence-corrected chi connectivity index (χ2v) is 6.08. The molecule has 0 spiro atoms. The maximum absolute atomic E-state index is 12.3. The molecular weight excluding hydrogens is 280 g/mol. The van der Waals surface area contributed by atoms with Crippen LogP contribution in [0, 0.1) is 13.8 Å². The number of anilines is 1. The number of hydrogen-bond donors (Lipinski definition) is 2. The summed E-state index contributed by atoms with van der Waals surface area (Å²) < 4.78 is 5.79. The molecule has 0 aliphatic carbocycles. The molecule has 0 aromatic carbocycles. The summed E-state index contributed by atoms with van der Waals surface area (Å²) in [4.78, 5) is 14.5. The molecule has 2 heterocycles. The summed E-state index contributed by atoms with van der Waals surface area (Å²) in [7, 11) is 0. The van der Waals surface area contributed by atoms with Crippen molar-refractivity contribution in [2.45, 2.75) is 52.6 Å². The van der Waals surface area contributed by atoms with Gasteiger partial charge in [0.05, 0.1) is 29.7 Å². The lowest BCUT2D eigenvalue weighted by Crippen LogP contribution is -2.40. The number of rotatable bonds is 7. The van der Waals surface area contributed by atoms with E-state index in [1.807, 2.05) is 13.8 Å². The number of H-pyrrole nitrogens is 1. The third kappa shape index (κ3) is 4.81. The third-order valence-corrected chi connectivity index (χ3v) is 4.04. The predicted octanol–water partition coefficient (Wildman–Crippen LogP) is 2.25. The van der Waals surface area contributed by atoms with E-state index in [1.54, 1.807) is 0 Å². The molecule has 22 heavy (non-hydrogen) atoms. The van der Waals surface area contributed by atoms with Crippen molar-refractivity contribution >= 4 is 11.6 Å². The lowest BCUT2D eigenvalue weighted by Gasteiger charge is -2.29. The van der Waals surface area contributed by atoms with Crippen LogP contribution in [0.1, 0.15) is 44.0 Å². The smallest absolute Gasteiger partial charge is 0.238 e. The quantitative estimate of drug-likeness (QED) is 0.810. The number of carbonyl (C=O) groups excluding carboxylic acids is 1. The first-order valence-electron chi connectivity index (χ1n) is 8.25. The van der Waals surface area contributed by atoms with Crippen LogP contribution in [0.5, 0.6) is 0 Å². The Labute approximate surface area is 132 Å². The van der Waals surface area contributed by atoms with Crippen molar-refractivity contribution in [2.24, 2.45) is 0 Å². The highest BCUT2D eigenvalue weighted by atomic mass is 16.5. The maximum atomic E-state index is 12.3. The number of hydrogen-bond acceptors (Lipinski definition) is 4. The fourth-order valence-corrected chi connectivity index (χ4v) is 2.91. The minimum Gasteiger partial charge on any atom is -0.377 e. The van der Waals surface area contributed by atoms with Gasteiger partial charge in [0.25, 0.3) is 0 Å². The van der Waals surface area contributed by atoms with Crippen LogP contribution in [0.4, 0.5) is 5.69 Å². The molecule has 0 bridgehead atoms. The van der Waals surface area contributed by atoms with Crippen LogP contribution >= 0.6 is 0 Å². The van der Waals surface area contributed by atoms with Crippen LogP contribution in [0.2, 0.25) is 0 Å². The summed E-state index contributed by atoms with van der Waals surface area (Å²) in [6, 6.07) is 0. The minimum absolute atomic E-state index is 0.0110. The number of aromatic amines is 1. The van der Waals surface area contributed by atoms with Crippen molar-refractivity contribution in [1.29, 1.82) is 0 Å². The van der Waals surface area contributed by atoms with Crippen molar-refractivity contribution in [3.8, 4) is 0 Å². The summed E-state index contributed by atoms with van der Waals surface area (Å²) in [5.41, 5.74) is 2.52. The molecule has 1 aromatic heterocycles. The Hall–Kier alpha value is -1.40. The number of nitrogens with zero attached hydrogens (tertiary/aromatic N) is 2. The molecule has 2 N–H and O–H groups in total. The second-order valence-electron chi connectivity index (χ2n) is 6.08. The fraction of sp³-hybridized carbons (Fsp3) is 0.750. The number of aromatic nitrogens is 2. The van der Waals surface area contributed by atoms with E-state index in [0.29, 0.717) is 6.54 Å². The first-order chi connectivity index (χ1) is 10.6. The number of nitrogens with one attached hydrogen (secondary N) is 2. The zero-order valence-corrected chi connectivity index (χ0v) is 13.9. The first kappa shape index (κ1) is 17.0. The molecule has 1 aliphatic rings. The predicted molar refractivity (Wildman–Crippen MR) is 87.0 cm³/mol. The van der Waals surface area contributed by atoms with Gasteiger partial charge in [-0.25, -0.2) is 0 Å². The van der Waals surface area contributed by atoms with Gasteiger partial charge in [-0.05, 0) is 46.1 Å². The third-order valence-electron chi connectivity index (χ3n) is 4.04. The Balaban J connectivity index is 1.87. The van der Waals surface area contributed by atoms with Crippen molar-refractivity contribution in [2.75, 3.05) is 31.6 Å². The van der Waals surface area contributed by atoms with Crippen molar-refractivity contribution in [1.82, 2.24) is 15.1 Å². The normalized spacial score (nSPS) is 18.6. The number of amides is 1. The van der Waals surface area contributed by atoms with Crippen LogP contribution < -0.4 is 5.32 Å². The van der Waals surface area contributed by atoms with Crippen molar-refractivity contribution in [3.05, 3.63) is 11.4 Å². The van der Waals surface area contributed by atoms with Gasteiger partial charge in [0.1, 0.15) is 0 Å². The fourth-order valence-electron chi connectivity index (χ4n) is 2.91. The van der Waals surface area contributed by atoms with E-state index in [1.165, 1.54) is 6.42 Å². The Morgan fingerprint density at radius 2 is 2.27 bits per heavy atom. The highest BCUT2D eigenvalue weighted by Crippen LogP contribution is 2.17. The van der Waals surface area contributed by atoms with Crippen LogP contribution in [0.15, 0.2) is 0 Å². The average Bonchev–Trinajstić information content (AvgIpc) is 2.80. The number of aryl methyl sites for hydroxylation is 2. The Morgan fingerprint density at radius 1 is 1.45 bits per heavy atom. The molecule has 1 amide bonds. The molecule has 1 saturated heterocycles. The second kappa shape index (κ2) is 8.29. The highest BCUT2D eigenvalue weighted by Gasteiger charge is 2.20. The van der Waals surface area contributed by atoms with E-state index in [-0.39, 0.29) is 12.0 Å². The molecule has 124 valence electrons. The monoisotopic (exact) mass is 308 g/mol. The standard InChI is InChI=1S/C16H28N4O2/c1-4-8-20(10-14-7-5-6-9-22-14)11-15(21)17-16-12(2)18-19-13(16)3/h14H,4-11H2,1-3H3,(H,17,21)(H,18,19)/t14-/m1/s1. The molecule has 1 fully saturated rings. The Morgan fingerprint density at radius 3 is 2.86 bits per heavy atom.